The van der Waals surface area contributed by atoms with Gasteiger partial charge in [0.1, 0.15) is 0 Å². The Morgan fingerprint density at radius 2 is 0.611 bits per heavy atom. The lowest BCUT2D eigenvalue weighted by Crippen LogP contribution is -2.11. The first-order valence-corrected chi connectivity index (χ1v) is 18.7. The molecule has 0 saturated carbocycles. The zero-order valence-corrected chi connectivity index (χ0v) is 30.4. The van der Waals surface area contributed by atoms with Crippen LogP contribution in [0.25, 0.3) is 53.9 Å². The Hall–Kier alpha value is -6.90. The molecule has 0 unspecified atom stereocenters. The summed E-state index contributed by atoms with van der Waals surface area (Å²) in [7, 11) is 0. The van der Waals surface area contributed by atoms with E-state index in [0.29, 0.717) is 0 Å². The van der Waals surface area contributed by atoms with Crippen LogP contribution in [0, 0.1) is 13.8 Å². The van der Waals surface area contributed by atoms with Crippen LogP contribution in [0.3, 0.4) is 0 Å². The average Bonchev–Trinajstić information content (AvgIpc) is 3.22. The molecule has 0 aliphatic rings. The van der Waals surface area contributed by atoms with E-state index in [1.54, 1.807) is 0 Å². The van der Waals surface area contributed by atoms with E-state index < -0.39 is 0 Å². The van der Waals surface area contributed by atoms with Crippen molar-refractivity contribution >= 4 is 88.0 Å². The van der Waals surface area contributed by atoms with Crippen LogP contribution in [0.1, 0.15) is 11.1 Å². The molecule has 0 radical (unpaired) electrons. The second-order valence-electron chi connectivity index (χ2n) is 14.4. The third-order valence-corrected chi connectivity index (χ3v) is 10.9. The molecule has 10 aromatic rings. The average molecular weight is 691 g/mol. The van der Waals surface area contributed by atoms with Crippen molar-refractivity contribution in [3.8, 4) is 0 Å². The molecule has 10 aromatic carbocycles. The lowest BCUT2D eigenvalue weighted by Gasteiger charge is -2.29. The fourth-order valence-electron chi connectivity index (χ4n) is 8.18. The number of anilines is 6. The Labute approximate surface area is 315 Å². The number of fused-ring (bicyclic) bond motifs is 7. The highest BCUT2D eigenvalue weighted by Crippen LogP contribution is 2.45. The molecule has 0 atom stereocenters. The summed E-state index contributed by atoms with van der Waals surface area (Å²) in [6, 6.07) is 71.3. The lowest BCUT2D eigenvalue weighted by atomic mass is 9.98. The molecule has 0 aromatic heterocycles. The van der Waals surface area contributed by atoms with E-state index in [9.17, 15) is 0 Å². The number of hydrogen-bond donors (Lipinski definition) is 0. The molecule has 0 heterocycles. The first kappa shape index (κ1) is 31.8. The number of nitrogens with zero attached hydrogens (tertiary/aromatic N) is 2. The first-order valence-electron chi connectivity index (χ1n) is 18.7. The molecule has 54 heavy (non-hydrogen) atoms. The van der Waals surface area contributed by atoms with Crippen LogP contribution in [0.5, 0.6) is 0 Å². The molecule has 0 aliphatic heterocycles. The number of hydrogen-bond acceptors (Lipinski definition) is 2. The highest BCUT2D eigenvalue weighted by molar-refractivity contribution is 6.16. The molecule has 2 heteroatoms. The van der Waals surface area contributed by atoms with Gasteiger partial charge in [-0.05, 0) is 118 Å². The summed E-state index contributed by atoms with van der Waals surface area (Å²) in [5, 5.41) is 12.3. The maximum absolute atomic E-state index is 2.43. The Morgan fingerprint density at radius 1 is 0.259 bits per heavy atom. The summed E-state index contributed by atoms with van der Waals surface area (Å²) < 4.78 is 0. The Bertz CT molecular complexity index is 2810. The third-order valence-electron chi connectivity index (χ3n) is 10.9. The Morgan fingerprint density at radius 3 is 1.04 bits per heavy atom. The molecule has 0 spiro atoms. The monoisotopic (exact) mass is 690 g/mol. The molecule has 10 rings (SSSR count). The second-order valence-corrected chi connectivity index (χ2v) is 14.4. The largest absolute Gasteiger partial charge is 0.310 e. The van der Waals surface area contributed by atoms with Gasteiger partial charge in [0.2, 0.25) is 0 Å². The van der Waals surface area contributed by atoms with Crippen LogP contribution in [-0.2, 0) is 0 Å². The van der Waals surface area contributed by atoms with Crippen molar-refractivity contribution in [3.05, 3.63) is 205 Å². The van der Waals surface area contributed by atoms with Crippen LogP contribution < -0.4 is 9.80 Å². The smallest absolute Gasteiger partial charge is 0.0546 e. The molecule has 0 aliphatic carbocycles. The van der Waals surface area contributed by atoms with Crippen LogP contribution in [0.15, 0.2) is 194 Å². The second kappa shape index (κ2) is 12.9. The van der Waals surface area contributed by atoms with E-state index in [4.69, 9.17) is 0 Å². The fraction of sp³-hybridized carbons (Fsp3) is 0.0385. The van der Waals surface area contributed by atoms with Gasteiger partial charge in [-0.1, -0.05) is 145 Å². The summed E-state index contributed by atoms with van der Waals surface area (Å²) in [6.07, 6.45) is 0. The third kappa shape index (κ3) is 5.43. The van der Waals surface area contributed by atoms with Crippen molar-refractivity contribution in [2.24, 2.45) is 0 Å². The Balaban J connectivity index is 1.20. The van der Waals surface area contributed by atoms with E-state index in [-0.39, 0.29) is 0 Å². The van der Waals surface area contributed by atoms with E-state index in [0.717, 1.165) is 34.1 Å². The van der Waals surface area contributed by atoms with Crippen molar-refractivity contribution < 1.29 is 0 Å². The van der Waals surface area contributed by atoms with Crippen LogP contribution >= 0.6 is 0 Å². The summed E-state index contributed by atoms with van der Waals surface area (Å²) in [4.78, 5) is 4.85. The standard InChI is InChI=1S/C52H38N2/c1-35-19-25-41(26-20-35)53(51-33-38-11-3-5-13-45(38)47-15-7-9-17-49(47)51)43-29-23-37-24-30-44(32-40(37)31-43)54(42-27-21-36(2)22-28-42)52-34-39-12-4-6-14-46(39)48-16-8-10-18-50(48)52/h3-34H,1-2H3. The van der Waals surface area contributed by atoms with Gasteiger partial charge in [-0.3, -0.25) is 0 Å². The van der Waals surface area contributed by atoms with E-state index in [1.165, 1.54) is 65.0 Å². The van der Waals surface area contributed by atoms with Crippen LogP contribution in [0.4, 0.5) is 34.1 Å². The lowest BCUT2D eigenvalue weighted by molar-refractivity contribution is 1.29. The first-order chi connectivity index (χ1) is 26.6. The maximum Gasteiger partial charge on any atom is 0.0546 e. The summed E-state index contributed by atoms with van der Waals surface area (Å²) in [5.74, 6) is 0. The van der Waals surface area contributed by atoms with Gasteiger partial charge in [0.05, 0.1) is 11.4 Å². The maximum atomic E-state index is 2.43. The number of benzene rings is 10. The molecule has 0 N–H and O–H groups in total. The molecule has 0 bridgehead atoms. The zero-order chi connectivity index (χ0) is 36.2. The summed E-state index contributed by atoms with van der Waals surface area (Å²) >= 11 is 0. The van der Waals surface area contributed by atoms with Gasteiger partial charge >= 0.3 is 0 Å². The molecule has 0 fully saturated rings. The topological polar surface area (TPSA) is 6.48 Å². The molecular weight excluding hydrogens is 653 g/mol. The predicted molar refractivity (Wildman–Crippen MR) is 233 cm³/mol. The highest BCUT2D eigenvalue weighted by atomic mass is 15.2. The van der Waals surface area contributed by atoms with Gasteiger partial charge < -0.3 is 9.80 Å². The van der Waals surface area contributed by atoms with Gasteiger partial charge in [0.15, 0.2) is 0 Å². The Kier molecular flexibility index (Phi) is 7.63. The molecule has 0 amide bonds. The SMILES string of the molecule is Cc1ccc(N(c2ccc3ccc(N(c4ccc(C)cc4)c4cc5ccccc5c5ccccc45)cc3c2)c2cc3ccccc3c3ccccc23)cc1. The summed E-state index contributed by atoms with van der Waals surface area (Å²) in [5.41, 5.74) is 9.27. The van der Waals surface area contributed by atoms with Crippen molar-refractivity contribution in [1.29, 1.82) is 0 Å². The normalized spacial score (nSPS) is 11.5. The minimum absolute atomic E-state index is 1.11. The zero-order valence-electron chi connectivity index (χ0n) is 30.4. The molecule has 2 nitrogen and oxygen atoms in total. The van der Waals surface area contributed by atoms with Gasteiger partial charge in [-0.25, -0.2) is 0 Å². The van der Waals surface area contributed by atoms with Crippen molar-refractivity contribution in [2.75, 3.05) is 9.80 Å². The van der Waals surface area contributed by atoms with E-state index in [1.807, 2.05) is 0 Å². The molecule has 256 valence electrons. The minimum Gasteiger partial charge on any atom is -0.310 e. The van der Waals surface area contributed by atoms with Gasteiger partial charge in [0.25, 0.3) is 0 Å². The predicted octanol–water partition coefficient (Wildman–Crippen LogP) is 15.0. The van der Waals surface area contributed by atoms with Crippen molar-refractivity contribution in [3.63, 3.8) is 0 Å². The minimum atomic E-state index is 1.11. The van der Waals surface area contributed by atoms with E-state index in [2.05, 4.69) is 218 Å². The number of aryl methyl sites for hydroxylation is 2. The van der Waals surface area contributed by atoms with Crippen LogP contribution in [-0.4, -0.2) is 0 Å². The van der Waals surface area contributed by atoms with Crippen LogP contribution in [0.2, 0.25) is 0 Å². The van der Waals surface area contributed by atoms with Crippen molar-refractivity contribution in [2.45, 2.75) is 13.8 Å². The quantitative estimate of drug-likeness (QED) is 0.160. The fourth-order valence-corrected chi connectivity index (χ4v) is 8.18. The van der Waals surface area contributed by atoms with Gasteiger partial charge in [-0.15, -0.1) is 0 Å². The molecular formula is C52H38N2. The van der Waals surface area contributed by atoms with Gasteiger partial charge in [-0.2, -0.15) is 0 Å². The highest BCUT2D eigenvalue weighted by Gasteiger charge is 2.20. The number of rotatable bonds is 6. The van der Waals surface area contributed by atoms with E-state index >= 15 is 0 Å². The molecule has 0 saturated heterocycles. The van der Waals surface area contributed by atoms with Gasteiger partial charge in [0, 0.05) is 33.5 Å². The summed E-state index contributed by atoms with van der Waals surface area (Å²) in [6.45, 7) is 4.30. The van der Waals surface area contributed by atoms with Crippen molar-refractivity contribution in [1.82, 2.24) is 0 Å².